The maximum atomic E-state index is 10.3. The minimum Gasteiger partial charge on any atom is -0.505 e. The van der Waals surface area contributed by atoms with E-state index in [0.29, 0.717) is 11.7 Å². The average molecular weight is 358 g/mol. The molecule has 0 aliphatic rings. The van der Waals surface area contributed by atoms with Gasteiger partial charge < -0.3 is 9.67 Å². The summed E-state index contributed by atoms with van der Waals surface area (Å²) in [7, 11) is 0. The number of fused-ring (bicyclic) bond motifs is 1. The summed E-state index contributed by atoms with van der Waals surface area (Å²) in [4.78, 5) is 0. The van der Waals surface area contributed by atoms with Crippen molar-refractivity contribution in [3.05, 3.63) is 63.8 Å². The number of aromatic nitrogens is 1. The van der Waals surface area contributed by atoms with Gasteiger partial charge in [0.1, 0.15) is 5.75 Å². The highest BCUT2D eigenvalue weighted by molar-refractivity contribution is 9.10. The molecular formula is C19H20BrNO. The molecule has 2 aromatic carbocycles. The summed E-state index contributed by atoms with van der Waals surface area (Å²) in [5.74, 6) is 0.897. The van der Waals surface area contributed by atoms with E-state index in [1.165, 1.54) is 11.1 Å². The van der Waals surface area contributed by atoms with Crippen LogP contribution < -0.4 is 0 Å². The average Bonchev–Trinajstić information content (AvgIpc) is 2.74. The Morgan fingerprint density at radius 1 is 1.14 bits per heavy atom. The second kappa shape index (κ2) is 5.81. The summed E-state index contributed by atoms with van der Waals surface area (Å²) in [6.07, 6.45) is 0. The number of para-hydroxylation sites is 1. The molecule has 0 saturated heterocycles. The van der Waals surface area contributed by atoms with Crippen LogP contribution in [-0.2, 0) is 6.54 Å². The molecule has 22 heavy (non-hydrogen) atoms. The fraction of sp³-hybridized carbons (Fsp3) is 0.263. The van der Waals surface area contributed by atoms with Gasteiger partial charge in [0.05, 0.1) is 11.2 Å². The molecule has 3 heteroatoms. The first kappa shape index (κ1) is 15.2. The number of benzene rings is 2. The minimum absolute atomic E-state index is 0.380. The number of hydrogen-bond donors (Lipinski definition) is 1. The Hall–Kier alpha value is -1.74. The minimum atomic E-state index is 0.380. The van der Waals surface area contributed by atoms with Crippen LogP contribution in [0.4, 0.5) is 0 Å². The second-order valence-corrected chi connectivity index (χ2v) is 6.90. The standard InChI is InChI=1S/C19H20BrNO/c1-12(2)14-8-9-15(17(20)10-14)11-21-13(3)19(22)16-6-4-5-7-18(16)21/h4-10,12,22H,11H2,1-3H3. The summed E-state index contributed by atoms with van der Waals surface area (Å²) in [6, 6.07) is 14.5. The van der Waals surface area contributed by atoms with Crippen LogP contribution in [0.15, 0.2) is 46.9 Å². The van der Waals surface area contributed by atoms with Crippen molar-refractivity contribution in [2.45, 2.75) is 33.2 Å². The molecule has 3 rings (SSSR count). The number of hydrogen-bond acceptors (Lipinski definition) is 1. The molecule has 1 aromatic heterocycles. The van der Waals surface area contributed by atoms with Gasteiger partial charge in [0.2, 0.25) is 0 Å². The van der Waals surface area contributed by atoms with Crippen molar-refractivity contribution >= 4 is 26.8 Å². The van der Waals surface area contributed by atoms with Gasteiger partial charge in [-0.1, -0.05) is 54.0 Å². The predicted molar refractivity (Wildman–Crippen MR) is 95.7 cm³/mol. The number of rotatable bonds is 3. The summed E-state index contributed by atoms with van der Waals surface area (Å²) in [6.45, 7) is 7.10. The van der Waals surface area contributed by atoms with Crippen LogP contribution in [0, 0.1) is 6.92 Å². The number of aromatic hydroxyl groups is 1. The molecule has 3 aromatic rings. The maximum absolute atomic E-state index is 10.3. The lowest BCUT2D eigenvalue weighted by Gasteiger charge is -2.13. The molecule has 2 nitrogen and oxygen atoms in total. The molecule has 114 valence electrons. The second-order valence-electron chi connectivity index (χ2n) is 6.04. The third kappa shape index (κ3) is 2.54. The summed E-state index contributed by atoms with van der Waals surface area (Å²) in [5.41, 5.74) is 4.51. The molecular weight excluding hydrogens is 338 g/mol. The monoisotopic (exact) mass is 357 g/mol. The van der Waals surface area contributed by atoms with E-state index in [1.807, 2.05) is 25.1 Å². The van der Waals surface area contributed by atoms with Crippen molar-refractivity contribution in [2.24, 2.45) is 0 Å². The van der Waals surface area contributed by atoms with Crippen LogP contribution in [0.3, 0.4) is 0 Å². The largest absolute Gasteiger partial charge is 0.505 e. The lowest BCUT2D eigenvalue weighted by molar-refractivity contribution is 0.473. The summed E-state index contributed by atoms with van der Waals surface area (Å²) >= 11 is 3.69. The van der Waals surface area contributed by atoms with Crippen LogP contribution >= 0.6 is 15.9 Å². The van der Waals surface area contributed by atoms with E-state index >= 15 is 0 Å². The molecule has 1 heterocycles. The van der Waals surface area contributed by atoms with Gasteiger partial charge in [0.25, 0.3) is 0 Å². The Morgan fingerprint density at radius 2 is 1.86 bits per heavy atom. The Bertz CT molecular complexity index is 833. The third-order valence-corrected chi connectivity index (χ3v) is 5.01. The fourth-order valence-electron chi connectivity index (χ4n) is 2.84. The molecule has 0 bridgehead atoms. The smallest absolute Gasteiger partial charge is 0.144 e. The van der Waals surface area contributed by atoms with Crippen molar-refractivity contribution in [1.29, 1.82) is 0 Å². The predicted octanol–water partition coefficient (Wildman–Crippen LogP) is 5.59. The highest BCUT2D eigenvalue weighted by atomic mass is 79.9. The van der Waals surface area contributed by atoms with E-state index in [9.17, 15) is 5.11 Å². The maximum Gasteiger partial charge on any atom is 0.144 e. The van der Waals surface area contributed by atoms with E-state index in [2.05, 4.69) is 58.6 Å². The van der Waals surface area contributed by atoms with Crippen molar-refractivity contribution in [3.8, 4) is 5.75 Å². The van der Waals surface area contributed by atoms with Gasteiger partial charge >= 0.3 is 0 Å². The molecule has 0 fully saturated rings. The zero-order valence-electron chi connectivity index (χ0n) is 13.1. The van der Waals surface area contributed by atoms with Crippen molar-refractivity contribution in [2.75, 3.05) is 0 Å². The normalized spacial score (nSPS) is 11.5. The molecule has 0 saturated carbocycles. The first-order valence-electron chi connectivity index (χ1n) is 7.54. The Labute approximate surface area is 139 Å². The van der Waals surface area contributed by atoms with Gasteiger partial charge in [-0.3, -0.25) is 0 Å². The summed E-state index contributed by atoms with van der Waals surface area (Å²) < 4.78 is 3.29. The fourth-order valence-corrected chi connectivity index (χ4v) is 3.36. The van der Waals surface area contributed by atoms with Gasteiger partial charge in [0, 0.05) is 16.4 Å². The molecule has 0 aliphatic carbocycles. The van der Waals surface area contributed by atoms with Gasteiger partial charge in [-0.2, -0.15) is 0 Å². The lowest BCUT2D eigenvalue weighted by Crippen LogP contribution is -2.03. The third-order valence-electron chi connectivity index (χ3n) is 4.27. The molecule has 1 N–H and O–H groups in total. The zero-order valence-corrected chi connectivity index (χ0v) is 14.7. The molecule has 0 spiro atoms. The van der Waals surface area contributed by atoms with Crippen molar-refractivity contribution in [1.82, 2.24) is 4.57 Å². The summed E-state index contributed by atoms with van der Waals surface area (Å²) in [5, 5.41) is 11.2. The van der Waals surface area contributed by atoms with Gasteiger partial charge in [-0.25, -0.2) is 0 Å². The molecule has 0 atom stereocenters. The van der Waals surface area contributed by atoms with E-state index in [1.54, 1.807) is 0 Å². The SMILES string of the molecule is Cc1c(O)c2ccccc2n1Cc1ccc(C(C)C)cc1Br. The molecule has 0 unspecified atom stereocenters. The first-order valence-corrected chi connectivity index (χ1v) is 8.33. The zero-order chi connectivity index (χ0) is 15.9. The van der Waals surface area contributed by atoms with E-state index in [0.717, 1.165) is 27.6 Å². The van der Waals surface area contributed by atoms with Crippen LogP contribution in [0.2, 0.25) is 0 Å². The van der Waals surface area contributed by atoms with Crippen molar-refractivity contribution < 1.29 is 5.11 Å². The highest BCUT2D eigenvalue weighted by Gasteiger charge is 2.14. The van der Waals surface area contributed by atoms with Crippen LogP contribution in [0.5, 0.6) is 5.75 Å². The Kier molecular flexibility index (Phi) is 4.00. The number of halogens is 1. The lowest BCUT2D eigenvalue weighted by atomic mass is 10.0. The Morgan fingerprint density at radius 3 is 2.55 bits per heavy atom. The number of nitrogens with zero attached hydrogens (tertiary/aromatic N) is 1. The highest BCUT2D eigenvalue weighted by Crippen LogP contribution is 2.33. The molecule has 0 amide bonds. The van der Waals surface area contributed by atoms with Crippen LogP contribution in [0.25, 0.3) is 10.9 Å². The van der Waals surface area contributed by atoms with Crippen LogP contribution in [-0.4, -0.2) is 9.67 Å². The topological polar surface area (TPSA) is 25.2 Å². The van der Waals surface area contributed by atoms with Crippen LogP contribution in [0.1, 0.15) is 36.6 Å². The van der Waals surface area contributed by atoms with Gasteiger partial charge in [-0.05, 0) is 42.2 Å². The van der Waals surface area contributed by atoms with E-state index in [4.69, 9.17) is 0 Å². The van der Waals surface area contributed by atoms with Crippen molar-refractivity contribution in [3.63, 3.8) is 0 Å². The first-order chi connectivity index (χ1) is 10.5. The quantitative estimate of drug-likeness (QED) is 0.649. The van der Waals surface area contributed by atoms with Gasteiger partial charge in [-0.15, -0.1) is 0 Å². The molecule has 0 aliphatic heterocycles. The Balaban J connectivity index is 2.06. The van der Waals surface area contributed by atoms with E-state index in [-0.39, 0.29) is 0 Å². The van der Waals surface area contributed by atoms with Gasteiger partial charge in [0.15, 0.2) is 0 Å². The molecule has 0 radical (unpaired) electrons. The van der Waals surface area contributed by atoms with E-state index < -0.39 is 0 Å².